The Kier molecular flexibility index (Phi) is 4.80. The van der Waals surface area contributed by atoms with Crippen molar-refractivity contribution in [3.63, 3.8) is 0 Å². The van der Waals surface area contributed by atoms with Gasteiger partial charge in [-0.05, 0) is 52.8 Å². The fraction of sp³-hybridized carbons (Fsp3) is 0.600. The van der Waals surface area contributed by atoms with Crippen molar-refractivity contribution in [1.29, 1.82) is 0 Å². The van der Waals surface area contributed by atoms with Crippen LogP contribution in [0.15, 0.2) is 18.2 Å². The van der Waals surface area contributed by atoms with E-state index in [-0.39, 0.29) is 17.9 Å². The molecule has 0 radical (unpaired) electrons. The van der Waals surface area contributed by atoms with Gasteiger partial charge in [0.2, 0.25) is 0 Å². The van der Waals surface area contributed by atoms with Gasteiger partial charge in [0, 0.05) is 18.8 Å². The van der Waals surface area contributed by atoms with Crippen molar-refractivity contribution in [3.8, 4) is 0 Å². The lowest BCUT2D eigenvalue weighted by molar-refractivity contribution is 0.0649. The fourth-order valence-electron chi connectivity index (χ4n) is 1.59. The lowest BCUT2D eigenvalue weighted by Gasteiger charge is -2.28. The molecule has 4 heteroatoms. The molecule has 0 fully saturated rings. The van der Waals surface area contributed by atoms with Gasteiger partial charge in [-0.25, -0.2) is 4.39 Å². The molecule has 0 bridgehead atoms. The maximum absolute atomic E-state index is 14.1. The van der Waals surface area contributed by atoms with Crippen LogP contribution in [-0.2, 0) is 0 Å². The van der Waals surface area contributed by atoms with Crippen molar-refractivity contribution in [3.05, 3.63) is 24.0 Å². The molecule has 0 spiro atoms. The molecule has 1 aromatic rings. The van der Waals surface area contributed by atoms with Crippen LogP contribution in [-0.4, -0.2) is 29.8 Å². The molecule has 0 saturated heterocycles. The van der Waals surface area contributed by atoms with E-state index >= 15 is 0 Å². The summed E-state index contributed by atoms with van der Waals surface area (Å²) in [6.07, 6.45) is 0. The SMILES string of the molecule is CC(C)N(C)c1ccc(NC(C)C(C)(C)O)cc1F. The first-order chi connectivity index (χ1) is 8.62. The van der Waals surface area contributed by atoms with E-state index in [1.807, 2.05) is 38.8 Å². The first kappa shape index (κ1) is 15.8. The van der Waals surface area contributed by atoms with Crippen LogP contribution in [0.4, 0.5) is 15.8 Å². The fourth-order valence-corrected chi connectivity index (χ4v) is 1.59. The summed E-state index contributed by atoms with van der Waals surface area (Å²) in [6, 6.07) is 5.13. The molecular weight excluding hydrogens is 243 g/mol. The van der Waals surface area contributed by atoms with E-state index < -0.39 is 5.60 Å². The number of aliphatic hydroxyl groups is 1. The molecule has 3 nitrogen and oxygen atoms in total. The van der Waals surface area contributed by atoms with Gasteiger partial charge in [0.15, 0.2) is 0 Å². The van der Waals surface area contributed by atoms with Gasteiger partial charge >= 0.3 is 0 Å². The number of hydrogen-bond acceptors (Lipinski definition) is 3. The Morgan fingerprint density at radius 3 is 2.26 bits per heavy atom. The molecule has 19 heavy (non-hydrogen) atoms. The zero-order valence-corrected chi connectivity index (χ0v) is 12.7. The van der Waals surface area contributed by atoms with Crippen molar-refractivity contribution < 1.29 is 9.50 Å². The third-order valence-electron chi connectivity index (χ3n) is 3.55. The molecule has 0 heterocycles. The van der Waals surface area contributed by atoms with E-state index in [0.29, 0.717) is 11.4 Å². The molecule has 0 aliphatic heterocycles. The largest absolute Gasteiger partial charge is 0.388 e. The third-order valence-corrected chi connectivity index (χ3v) is 3.55. The molecule has 0 aliphatic carbocycles. The molecule has 1 rings (SSSR count). The van der Waals surface area contributed by atoms with Gasteiger partial charge in [-0.1, -0.05) is 0 Å². The number of benzene rings is 1. The Morgan fingerprint density at radius 1 is 1.26 bits per heavy atom. The van der Waals surface area contributed by atoms with Gasteiger partial charge in [-0.2, -0.15) is 0 Å². The van der Waals surface area contributed by atoms with Gasteiger partial charge in [-0.15, -0.1) is 0 Å². The maximum Gasteiger partial charge on any atom is 0.148 e. The summed E-state index contributed by atoms with van der Waals surface area (Å²) in [5.41, 5.74) is 0.397. The molecule has 108 valence electrons. The van der Waals surface area contributed by atoms with Gasteiger partial charge < -0.3 is 15.3 Å². The van der Waals surface area contributed by atoms with Crippen LogP contribution >= 0.6 is 0 Å². The molecule has 2 N–H and O–H groups in total. The Labute approximate surface area is 115 Å². The minimum Gasteiger partial charge on any atom is -0.388 e. The number of anilines is 2. The van der Waals surface area contributed by atoms with Crippen LogP contribution in [0.3, 0.4) is 0 Å². The van der Waals surface area contributed by atoms with Gasteiger partial charge in [0.05, 0.1) is 17.3 Å². The van der Waals surface area contributed by atoms with E-state index in [9.17, 15) is 9.50 Å². The Balaban J connectivity index is 2.89. The van der Waals surface area contributed by atoms with Crippen molar-refractivity contribution in [2.75, 3.05) is 17.3 Å². The first-order valence-electron chi connectivity index (χ1n) is 6.64. The minimum absolute atomic E-state index is 0.166. The van der Waals surface area contributed by atoms with Gasteiger partial charge in [0.1, 0.15) is 5.82 Å². The molecule has 0 saturated carbocycles. The summed E-state index contributed by atoms with van der Waals surface area (Å²) >= 11 is 0. The summed E-state index contributed by atoms with van der Waals surface area (Å²) in [5.74, 6) is -0.260. The Bertz CT molecular complexity index is 427. The lowest BCUT2D eigenvalue weighted by atomic mass is 10.0. The van der Waals surface area contributed by atoms with E-state index in [2.05, 4.69) is 5.32 Å². The number of nitrogens with zero attached hydrogens (tertiary/aromatic N) is 1. The molecule has 1 atom stereocenters. The topological polar surface area (TPSA) is 35.5 Å². The van der Waals surface area contributed by atoms with Crippen molar-refractivity contribution in [2.24, 2.45) is 0 Å². The summed E-state index contributed by atoms with van der Waals surface area (Å²) in [4.78, 5) is 1.89. The quantitative estimate of drug-likeness (QED) is 0.860. The molecule has 0 aromatic heterocycles. The van der Waals surface area contributed by atoms with Crippen LogP contribution in [0.1, 0.15) is 34.6 Å². The average molecular weight is 268 g/mol. The van der Waals surface area contributed by atoms with Crippen LogP contribution in [0.2, 0.25) is 0 Å². The zero-order valence-electron chi connectivity index (χ0n) is 12.7. The Hall–Kier alpha value is -1.29. The summed E-state index contributed by atoms with van der Waals surface area (Å²) < 4.78 is 14.1. The highest BCUT2D eigenvalue weighted by molar-refractivity contribution is 5.56. The highest BCUT2D eigenvalue weighted by Gasteiger charge is 2.22. The molecule has 0 amide bonds. The second kappa shape index (κ2) is 5.78. The summed E-state index contributed by atoms with van der Waals surface area (Å²) in [7, 11) is 1.87. The number of halogens is 1. The van der Waals surface area contributed by atoms with E-state index in [1.54, 1.807) is 19.9 Å². The highest BCUT2D eigenvalue weighted by Crippen LogP contribution is 2.24. The van der Waals surface area contributed by atoms with Crippen molar-refractivity contribution in [1.82, 2.24) is 0 Å². The second-order valence-electron chi connectivity index (χ2n) is 5.89. The predicted molar refractivity (Wildman–Crippen MR) is 79.3 cm³/mol. The van der Waals surface area contributed by atoms with Crippen LogP contribution in [0.5, 0.6) is 0 Å². The number of nitrogens with one attached hydrogen (secondary N) is 1. The molecule has 1 aromatic carbocycles. The van der Waals surface area contributed by atoms with Gasteiger partial charge in [0.25, 0.3) is 0 Å². The molecule has 1 unspecified atom stereocenters. The average Bonchev–Trinajstić information content (AvgIpc) is 2.26. The minimum atomic E-state index is -0.857. The number of hydrogen-bond donors (Lipinski definition) is 2. The Morgan fingerprint density at radius 2 is 1.84 bits per heavy atom. The first-order valence-corrected chi connectivity index (χ1v) is 6.64. The summed E-state index contributed by atoms with van der Waals surface area (Å²) in [6.45, 7) is 9.35. The van der Waals surface area contributed by atoms with Gasteiger partial charge in [-0.3, -0.25) is 0 Å². The van der Waals surface area contributed by atoms with E-state index in [0.717, 1.165) is 0 Å². The molecular formula is C15H25FN2O. The smallest absolute Gasteiger partial charge is 0.148 e. The maximum atomic E-state index is 14.1. The van der Waals surface area contributed by atoms with E-state index in [1.165, 1.54) is 6.07 Å². The highest BCUT2D eigenvalue weighted by atomic mass is 19.1. The summed E-state index contributed by atoms with van der Waals surface area (Å²) in [5, 5.41) is 13.0. The third kappa shape index (κ3) is 4.10. The monoisotopic (exact) mass is 268 g/mol. The van der Waals surface area contributed by atoms with Crippen LogP contribution in [0, 0.1) is 5.82 Å². The predicted octanol–water partition coefficient (Wildman–Crippen LogP) is 3.24. The number of rotatable bonds is 5. The van der Waals surface area contributed by atoms with Crippen LogP contribution < -0.4 is 10.2 Å². The zero-order chi connectivity index (χ0) is 14.8. The molecule has 0 aliphatic rings. The van der Waals surface area contributed by atoms with Crippen molar-refractivity contribution >= 4 is 11.4 Å². The standard InChI is InChI=1S/C15H25FN2O/c1-10(2)18(6)14-8-7-12(9-13(14)16)17-11(3)15(4,5)19/h7-11,17,19H,1-6H3. The lowest BCUT2D eigenvalue weighted by Crippen LogP contribution is -2.39. The van der Waals surface area contributed by atoms with Crippen LogP contribution in [0.25, 0.3) is 0 Å². The second-order valence-corrected chi connectivity index (χ2v) is 5.89. The normalized spacial score (nSPS) is 13.5. The van der Waals surface area contributed by atoms with E-state index in [4.69, 9.17) is 0 Å². The van der Waals surface area contributed by atoms with Crippen molar-refractivity contribution in [2.45, 2.75) is 52.3 Å².